The zero-order valence-corrected chi connectivity index (χ0v) is 50.9. The van der Waals surface area contributed by atoms with E-state index in [1.54, 1.807) is 67.0 Å². The fourth-order valence-corrected chi connectivity index (χ4v) is 9.79. The predicted molar refractivity (Wildman–Crippen MR) is 337 cm³/mol. The smallest absolute Gasteiger partial charge is 0.322 e. The van der Waals surface area contributed by atoms with Crippen molar-refractivity contribution in [1.82, 2.24) is 52.8 Å². The highest BCUT2D eigenvalue weighted by molar-refractivity contribution is 7.98. The molecule has 1 aliphatic heterocycles. The molecule has 0 aliphatic carbocycles. The Morgan fingerprint density at radius 1 is 0.587 bits per heavy atom. The van der Waals surface area contributed by atoms with Gasteiger partial charge in [-0.3, -0.25) is 62.7 Å². The third-order valence-electron chi connectivity index (χ3n) is 14.2. The minimum absolute atomic E-state index is 0.0125. The van der Waals surface area contributed by atoms with Crippen molar-refractivity contribution in [3.05, 3.63) is 102 Å². The zero-order valence-electron chi connectivity index (χ0n) is 50.1. The number of aromatic hydroxyl groups is 1. The number of amides is 9. The first kappa shape index (κ1) is 72.8. The molecular weight excluding hydrogens is 1220 g/mol. The number of phenolic OH excluding ortho intramolecular Hbond substituents is 1. The Hall–Kier alpha value is -9.99. The van der Waals surface area contributed by atoms with E-state index >= 15 is 0 Å². The molecule has 10 unspecified atom stereocenters. The molecule has 5 rings (SSSR count). The number of para-hydroxylation sites is 1. The Morgan fingerprint density at radius 2 is 1.10 bits per heavy atom. The number of nitrogens with zero attached hydrogens (tertiary/aromatic N) is 3. The molecule has 92 heavy (non-hydrogen) atoms. The monoisotopic (exact) mass is 1300 g/mol. The summed E-state index contributed by atoms with van der Waals surface area (Å²) in [6, 6.07) is 6.24. The van der Waals surface area contributed by atoms with Gasteiger partial charge in [0, 0.05) is 62.0 Å². The Bertz CT molecular complexity index is 3280. The molecule has 21 N–H and O–H groups in total. The Balaban J connectivity index is 1.40. The number of rotatable bonds is 39. The van der Waals surface area contributed by atoms with Crippen molar-refractivity contribution in [2.75, 3.05) is 38.3 Å². The molecule has 2 heterocycles. The summed E-state index contributed by atoms with van der Waals surface area (Å²) >= 11 is 1.25. The Morgan fingerprint density at radius 3 is 1.66 bits per heavy atom. The van der Waals surface area contributed by atoms with Crippen LogP contribution < -0.4 is 65.1 Å². The number of thioether (sulfide) groups is 1. The molecule has 496 valence electrons. The van der Waals surface area contributed by atoms with Crippen LogP contribution in [0.5, 0.6) is 5.75 Å². The molecule has 1 aromatic heterocycles. The van der Waals surface area contributed by atoms with E-state index in [1.165, 1.54) is 48.6 Å². The minimum atomic E-state index is -1.77. The summed E-state index contributed by atoms with van der Waals surface area (Å²) < 4.78 is 0. The summed E-state index contributed by atoms with van der Waals surface area (Å²) in [5.41, 5.74) is 19.0. The van der Waals surface area contributed by atoms with E-state index < -0.39 is 158 Å². The third kappa shape index (κ3) is 24.1. The number of nitrogens with one attached hydrogen (secondary N) is 10. The van der Waals surface area contributed by atoms with Crippen molar-refractivity contribution in [3.63, 3.8) is 0 Å². The van der Waals surface area contributed by atoms with Crippen LogP contribution in [-0.2, 0) is 72.0 Å². The third-order valence-corrected chi connectivity index (χ3v) is 14.9. The van der Waals surface area contributed by atoms with Gasteiger partial charge in [0.05, 0.1) is 19.3 Å². The lowest BCUT2D eigenvalue weighted by Crippen LogP contribution is -2.61. The van der Waals surface area contributed by atoms with E-state index in [1.807, 2.05) is 0 Å². The number of aliphatic carboxylic acids is 2. The second-order valence-corrected chi connectivity index (χ2v) is 22.2. The van der Waals surface area contributed by atoms with Crippen LogP contribution in [0.1, 0.15) is 55.2 Å². The number of hydrogen-bond donors (Lipinski definition) is 18. The summed E-state index contributed by atoms with van der Waals surface area (Å²) in [5, 5.41) is 72.0. The highest BCUT2D eigenvalue weighted by atomic mass is 32.2. The van der Waals surface area contributed by atoms with Crippen molar-refractivity contribution in [2.24, 2.45) is 32.2 Å². The van der Waals surface area contributed by atoms with Crippen molar-refractivity contribution >= 4 is 106 Å². The summed E-state index contributed by atoms with van der Waals surface area (Å²) in [5.74, 6) is -11.8. The Kier molecular flexibility index (Phi) is 29.4. The number of carbonyl (C=O) groups excluding carboxylic acids is 9. The molecule has 0 saturated heterocycles. The molecule has 4 aromatic rings. The maximum absolute atomic E-state index is 14.8. The van der Waals surface area contributed by atoms with Gasteiger partial charge in [0.15, 0.2) is 5.96 Å². The number of aliphatic imine (C=N–C) groups is 3. The molecule has 3 aromatic carbocycles. The maximum Gasteiger partial charge on any atom is 0.322 e. The molecule has 10 atom stereocenters. The molecule has 0 radical (unpaired) electrons. The lowest BCUT2D eigenvalue weighted by molar-refractivity contribution is -0.139. The molecule has 0 spiro atoms. The van der Waals surface area contributed by atoms with E-state index in [0.29, 0.717) is 27.6 Å². The minimum Gasteiger partial charge on any atom is -0.508 e. The molecule has 9 amide bonds. The fourth-order valence-electron chi connectivity index (χ4n) is 9.32. The number of aliphatic hydroxyl groups excluding tert-OH is 2. The van der Waals surface area contributed by atoms with Crippen molar-refractivity contribution in [2.45, 2.75) is 118 Å². The number of benzene rings is 3. The number of carboxylic acid groups (broad SMARTS) is 2. The van der Waals surface area contributed by atoms with Gasteiger partial charge in [-0.1, -0.05) is 60.7 Å². The lowest BCUT2D eigenvalue weighted by atomic mass is 10.0. The predicted octanol–water partition coefficient (Wildman–Crippen LogP) is -4.16. The first-order valence-corrected chi connectivity index (χ1v) is 30.5. The van der Waals surface area contributed by atoms with Crippen LogP contribution in [0.2, 0.25) is 0 Å². The van der Waals surface area contributed by atoms with Crippen LogP contribution in [0.15, 0.2) is 100 Å². The standard InChI is InChI=1S/C59H78N16O16S/c1-92-21-19-42(70-58(91)47(30-77)75-56(89)43(71-50(83)38(60)29-76)23-33-13-15-36(78)16-14-33)54(87)69-41(17-18-48(79)80)53(86)74-46(25-35-27-63-31-67-35)57(90)72-44(22-32-8-3-2-4-9-32)55(88)68-40(12-7-20-64-59(61)62)52(85)73-45(51(84)66-28-49(81)82)24-34-26-65-39-11-6-5-10-37(34)39/h2-6,8-11,13-16,26-27,31,35,38,40-47,65,76-78H,7,12,17-25,28-30,60H2,1H3,(H,66,84)(H,68,88)(H,69,87)(H,70,91)(H,71,83)(H,72,90)(H,73,85)(H,74,86)(H,75,89)(H,79,80)(H,81,82)(H4,61,62,64). The van der Waals surface area contributed by atoms with Gasteiger partial charge in [-0.2, -0.15) is 11.8 Å². The first-order valence-electron chi connectivity index (χ1n) is 29.1. The van der Waals surface area contributed by atoms with Crippen LogP contribution >= 0.6 is 11.8 Å². The number of aromatic amines is 1. The largest absolute Gasteiger partial charge is 0.508 e. The van der Waals surface area contributed by atoms with E-state index in [-0.39, 0.29) is 69.0 Å². The molecule has 33 heteroatoms. The number of carbonyl (C=O) groups is 11. The Labute approximate surface area is 531 Å². The molecule has 32 nitrogen and oxygen atoms in total. The SMILES string of the molecule is CSCCC(NC(=O)C(CO)NC(=O)C(Cc1ccc(O)cc1)NC(=O)C(N)CO)C(=O)NC(CCC(=O)O)C(=O)NC(CC1C=NC=N1)C(=O)NC(Cc1ccccc1)C(=O)NC(CCCN=C(N)N)C(=O)NC(Cc1c[nH]c2ccccc12)C(=O)NCC(=O)O. The van der Waals surface area contributed by atoms with Gasteiger partial charge < -0.3 is 95.6 Å². The van der Waals surface area contributed by atoms with Crippen LogP contribution in [-0.4, -0.2) is 213 Å². The fraction of sp³-hybridized carbons (Fsp3) is 0.424. The van der Waals surface area contributed by atoms with Crippen LogP contribution in [0.25, 0.3) is 10.9 Å². The quantitative estimate of drug-likeness (QED) is 0.0115. The summed E-state index contributed by atoms with van der Waals surface area (Å²) in [6.07, 6.45) is 3.52. The number of phenols is 1. The van der Waals surface area contributed by atoms with Crippen molar-refractivity contribution in [3.8, 4) is 5.75 Å². The van der Waals surface area contributed by atoms with Gasteiger partial charge in [0.25, 0.3) is 0 Å². The van der Waals surface area contributed by atoms with Crippen LogP contribution in [0.3, 0.4) is 0 Å². The normalized spacial score (nSPS) is 15.3. The summed E-state index contributed by atoms with van der Waals surface area (Å²) in [7, 11) is 0. The first-order chi connectivity index (χ1) is 44.0. The highest BCUT2D eigenvalue weighted by Gasteiger charge is 2.36. The van der Waals surface area contributed by atoms with Gasteiger partial charge in [-0.25, -0.2) is 4.99 Å². The van der Waals surface area contributed by atoms with Gasteiger partial charge in [-0.15, -0.1) is 0 Å². The van der Waals surface area contributed by atoms with Crippen molar-refractivity contribution in [1.29, 1.82) is 0 Å². The van der Waals surface area contributed by atoms with Crippen LogP contribution in [0, 0.1) is 0 Å². The average molecular weight is 1300 g/mol. The number of aromatic nitrogens is 1. The zero-order chi connectivity index (χ0) is 67.3. The van der Waals surface area contributed by atoms with Gasteiger partial charge >= 0.3 is 11.9 Å². The molecular formula is C59H78N16O16S. The van der Waals surface area contributed by atoms with E-state index in [0.717, 1.165) is 0 Å². The van der Waals surface area contributed by atoms with Crippen LogP contribution in [0.4, 0.5) is 0 Å². The maximum atomic E-state index is 14.8. The number of H-pyrrole nitrogens is 1. The molecule has 0 fully saturated rings. The molecule has 0 bridgehead atoms. The van der Waals surface area contributed by atoms with E-state index in [4.69, 9.17) is 17.2 Å². The molecule has 1 aliphatic rings. The lowest BCUT2D eigenvalue weighted by Gasteiger charge is -2.28. The second kappa shape index (κ2) is 37.2. The molecule has 0 saturated carbocycles. The average Bonchev–Trinajstić information content (AvgIpc) is 1.75. The number of aliphatic hydroxyl groups is 2. The summed E-state index contributed by atoms with van der Waals surface area (Å²) in [6.45, 7) is -2.62. The second-order valence-electron chi connectivity index (χ2n) is 21.2. The van der Waals surface area contributed by atoms with Gasteiger partial charge in [-0.05, 0) is 72.6 Å². The van der Waals surface area contributed by atoms with Crippen molar-refractivity contribution < 1.29 is 78.3 Å². The number of hydrogen-bond acceptors (Lipinski definition) is 19. The number of guanidine groups is 1. The van der Waals surface area contributed by atoms with Gasteiger partial charge in [0.2, 0.25) is 53.2 Å². The topological polar surface area (TPSA) is 528 Å². The summed E-state index contributed by atoms with van der Waals surface area (Å²) in [4.78, 5) is 166. The number of nitrogens with two attached hydrogens (primary N) is 3. The highest BCUT2D eigenvalue weighted by Crippen LogP contribution is 2.20. The number of carboxylic acids is 2. The number of fused-ring (bicyclic) bond motifs is 1. The van der Waals surface area contributed by atoms with Gasteiger partial charge in [0.1, 0.15) is 73.0 Å². The van der Waals surface area contributed by atoms with E-state index in [2.05, 4.69) is 67.8 Å². The van der Waals surface area contributed by atoms with E-state index in [9.17, 15) is 78.3 Å².